The van der Waals surface area contributed by atoms with E-state index in [2.05, 4.69) is 26.8 Å². The van der Waals surface area contributed by atoms with Crippen molar-refractivity contribution >= 4 is 28.1 Å². The number of halogens is 1. The molecule has 1 aliphatic heterocycles. The summed E-state index contributed by atoms with van der Waals surface area (Å²) in [7, 11) is 2.10. The van der Waals surface area contributed by atoms with Gasteiger partial charge in [0.25, 0.3) is 0 Å². The van der Waals surface area contributed by atoms with Gasteiger partial charge < -0.3 is 14.8 Å². The number of nitrogens with zero attached hydrogens (tertiary/aromatic N) is 3. The molecule has 1 aliphatic rings. The van der Waals surface area contributed by atoms with Gasteiger partial charge in [0.05, 0.1) is 21.6 Å². The van der Waals surface area contributed by atoms with Gasteiger partial charge in [-0.3, -0.25) is 0 Å². The van der Waals surface area contributed by atoms with Crippen molar-refractivity contribution < 1.29 is 4.39 Å². The van der Waals surface area contributed by atoms with Crippen LogP contribution in [0.15, 0.2) is 29.6 Å². The highest BCUT2D eigenvalue weighted by molar-refractivity contribution is 7.13. The number of imidazole rings is 1. The Balaban J connectivity index is 1.72. The Labute approximate surface area is 132 Å². The summed E-state index contributed by atoms with van der Waals surface area (Å²) in [6.07, 6.45) is 0. The maximum Gasteiger partial charge on any atom is 0.148 e. The molecule has 4 rings (SSSR count). The molecule has 1 aromatic carbocycles. The first kappa shape index (κ1) is 13.7. The lowest BCUT2D eigenvalue weighted by Crippen LogP contribution is -2.44. The van der Waals surface area contributed by atoms with Crippen molar-refractivity contribution in [3.63, 3.8) is 0 Å². The van der Waals surface area contributed by atoms with Gasteiger partial charge in [-0.05, 0) is 24.6 Å². The highest BCUT2D eigenvalue weighted by Crippen LogP contribution is 2.29. The first-order chi connectivity index (χ1) is 10.7. The molecule has 0 amide bonds. The second kappa shape index (κ2) is 5.37. The molecule has 114 valence electrons. The van der Waals surface area contributed by atoms with Gasteiger partial charge in [-0.25, -0.2) is 9.37 Å². The maximum absolute atomic E-state index is 14.5. The predicted molar refractivity (Wildman–Crippen MR) is 89.1 cm³/mol. The predicted octanol–water partition coefficient (Wildman–Crippen LogP) is 3.18. The third-order valence-corrected chi connectivity index (χ3v) is 5.03. The minimum absolute atomic E-state index is 0.182. The molecular formula is C16H17FN4S. The molecule has 0 radical (unpaired) electrons. The molecule has 1 N–H and O–H groups in total. The molecule has 2 aromatic heterocycles. The second-order valence-electron chi connectivity index (χ2n) is 5.67. The smallest absolute Gasteiger partial charge is 0.148 e. The van der Waals surface area contributed by atoms with Crippen molar-refractivity contribution in [2.45, 2.75) is 0 Å². The summed E-state index contributed by atoms with van der Waals surface area (Å²) in [5.41, 5.74) is 2.22. The number of hydrogen-bond donors (Lipinski definition) is 1. The summed E-state index contributed by atoms with van der Waals surface area (Å²) < 4.78 is 14.5. The first-order valence-electron chi connectivity index (χ1n) is 7.37. The van der Waals surface area contributed by atoms with Gasteiger partial charge in [0.1, 0.15) is 11.6 Å². The lowest BCUT2D eigenvalue weighted by molar-refractivity contribution is 0.312. The van der Waals surface area contributed by atoms with E-state index < -0.39 is 0 Å². The van der Waals surface area contributed by atoms with Gasteiger partial charge >= 0.3 is 0 Å². The third kappa shape index (κ3) is 2.38. The van der Waals surface area contributed by atoms with Crippen LogP contribution in [0.4, 0.5) is 10.1 Å². The number of nitrogens with one attached hydrogen (secondary N) is 1. The average Bonchev–Trinajstić information content (AvgIpc) is 3.15. The Morgan fingerprint density at radius 2 is 2.05 bits per heavy atom. The second-order valence-corrected chi connectivity index (χ2v) is 6.62. The van der Waals surface area contributed by atoms with Crippen LogP contribution in [0.2, 0.25) is 0 Å². The van der Waals surface area contributed by atoms with Gasteiger partial charge in [-0.1, -0.05) is 6.07 Å². The Morgan fingerprint density at radius 3 is 2.77 bits per heavy atom. The fourth-order valence-corrected chi connectivity index (χ4v) is 3.51. The van der Waals surface area contributed by atoms with E-state index in [1.807, 2.05) is 23.6 Å². The van der Waals surface area contributed by atoms with E-state index in [0.29, 0.717) is 5.69 Å². The molecule has 0 aliphatic carbocycles. The van der Waals surface area contributed by atoms with E-state index in [9.17, 15) is 4.39 Å². The zero-order chi connectivity index (χ0) is 15.1. The molecule has 6 heteroatoms. The number of fused-ring (bicyclic) bond motifs is 1. The lowest BCUT2D eigenvalue weighted by atomic mass is 10.2. The molecular weight excluding hydrogens is 299 g/mol. The van der Waals surface area contributed by atoms with Crippen molar-refractivity contribution in [2.24, 2.45) is 0 Å². The van der Waals surface area contributed by atoms with Crippen LogP contribution in [-0.2, 0) is 0 Å². The quantitative estimate of drug-likeness (QED) is 0.788. The van der Waals surface area contributed by atoms with Crippen LogP contribution in [0.3, 0.4) is 0 Å². The number of thiophene rings is 1. The number of hydrogen-bond acceptors (Lipinski definition) is 4. The fourth-order valence-electron chi connectivity index (χ4n) is 2.84. The third-order valence-electron chi connectivity index (χ3n) is 4.15. The van der Waals surface area contributed by atoms with Crippen LogP contribution in [-0.4, -0.2) is 48.1 Å². The Kier molecular flexibility index (Phi) is 3.35. The van der Waals surface area contributed by atoms with E-state index in [1.54, 1.807) is 17.4 Å². The summed E-state index contributed by atoms with van der Waals surface area (Å²) in [5.74, 6) is 0.623. The van der Waals surface area contributed by atoms with Crippen LogP contribution >= 0.6 is 11.3 Å². The van der Waals surface area contributed by atoms with E-state index >= 15 is 0 Å². The Morgan fingerprint density at radius 1 is 1.23 bits per heavy atom. The van der Waals surface area contributed by atoms with Crippen LogP contribution in [0.5, 0.6) is 0 Å². The molecule has 3 aromatic rings. The standard InChI is InChI=1S/C16H17FN4S/c1-20-4-6-21(7-5-20)14-10-13-12(9-11(14)17)18-16(19-13)15-3-2-8-22-15/h2-3,8-10H,4-7H2,1H3,(H,18,19). The van der Waals surface area contributed by atoms with Crippen molar-refractivity contribution in [3.8, 4) is 10.7 Å². The Bertz CT molecular complexity index is 788. The minimum atomic E-state index is -0.182. The van der Waals surface area contributed by atoms with Crippen LogP contribution in [0, 0.1) is 5.82 Å². The molecule has 1 saturated heterocycles. The summed E-state index contributed by atoms with van der Waals surface area (Å²) in [6.45, 7) is 3.61. The van der Waals surface area contributed by atoms with Crippen molar-refractivity contribution in [3.05, 3.63) is 35.5 Å². The van der Waals surface area contributed by atoms with Crippen molar-refractivity contribution in [1.82, 2.24) is 14.9 Å². The summed E-state index contributed by atoms with van der Waals surface area (Å²) in [6, 6.07) is 7.43. The molecule has 0 bridgehead atoms. The maximum atomic E-state index is 14.5. The van der Waals surface area contributed by atoms with E-state index in [1.165, 1.54) is 0 Å². The van der Waals surface area contributed by atoms with Gasteiger partial charge in [0.2, 0.25) is 0 Å². The van der Waals surface area contributed by atoms with Gasteiger partial charge in [-0.15, -0.1) is 11.3 Å². The number of aromatic amines is 1. The highest BCUT2D eigenvalue weighted by atomic mass is 32.1. The first-order valence-corrected chi connectivity index (χ1v) is 8.25. The van der Waals surface area contributed by atoms with Crippen molar-refractivity contribution in [1.29, 1.82) is 0 Å². The summed E-state index contributed by atoms with van der Waals surface area (Å²) in [5, 5.41) is 2.01. The molecule has 0 atom stereocenters. The zero-order valence-electron chi connectivity index (χ0n) is 12.3. The normalized spacial score (nSPS) is 16.5. The SMILES string of the molecule is CN1CCN(c2cc3nc(-c4cccs4)[nH]c3cc2F)CC1. The van der Waals surface area contributed by atoms with Gasteiger partial charge in [-0.2, -0.15) is 0 Å². The summed E-state index contributed by atoms with van der Waals surface area (Å²) in [4.78, 5) is 13.3. The molecule has 3 heterocycles. The number of anilines is 1. The van der Waals surface area contributed by atoms with Gasteiger partial charge in [0.15, 0.2) is 0 Å². The number of benzene rings is 1. The number of likely N-dealkylation sites (N-methyl/N-ethyl adjacent to an activating group) is 1. The molecule has 4 nitrogen and oxygen atoms in total. The van der Waals surface area contributed by atoms with E-state index in [-0.39, 0.29) is 5.82 Å². The topological polar surface area (TPSA) is 35.2 Å². The summed E-state index contributed by atoms with van der Waals surface area (Å²) >= 11 is 1.62. The van der Waals surface area contributed by atoms with E-state index in [4.69, 9.17) is 0 Å². The molecule has 0 spiro atoms. The highest BCUT2D eigenvalue weighted by Gasteiger charge is 2.19. The van der Waals surface area contributed by atoms with Crippen LogP contribution in [0.1, 0.15) is 0 Å². The molecule has 0 unspecified atom stereocenters. The fraction of sp³-hybridized carbons (Fsp3) is 0.312. The number of aromatic nitrogens is 2. The lowest BCUT2D eigenvalue weighted by Gasteiger charge is -2.34. The monoisotopic (exact) mass is 316 g/mol. The van der Waals surface area contributed by atoms with E-state index in [0.717, 1.165) is 47.9 Å². The minimum Gasteiger partial charge on any atom is -0.367 e. The number of H-pyrrole nitrogens is 1. The van der Waals surface area contributed by atoms with Crippen LogP contribution < -0.4 is 4.90 Å². The zero-order valence-corrected chi connectivity index (χ0v) is 13.2. The number of rotatable bonds is 2. The molecule has 22 heavy (non-hydrogen) atoms. The molecule has 1 fully saturated rings. The Hall–Kier alpha value is -1.92. The molecule has 0 saturated carbocycles. The largest absolute Gasteiger partial charge is 0.367 e. The number of piperazine rings is 1. The van der Waals surface area contributed by atoms with Crippen molar-refractivity contribution in [2.75, 3.05) is 38.1 Å². The van der Waals surface area contributed by atoms with Crippen LogP contribution in [0.25, 0.3) is 21.7 Å². The average molecular weight is 316 g/mol. The van der Waals surface area contributed by atoms with Gasteiger partial charge in [0, 0.05) is 32.2 Å².